The molecular weight excluding hydrogens is 219 g/mol. The first-order chi connectivity index (χ1) is 7.48. The number of alkyl halides is 3. The van der Waals surface area contributed by atoms with Crippen LogP contribution >= 0.6 is 0 Å². The Morgan fingerprint density at radius 2 is 2.00 bits per heavy atom. The number of nitrogens with one attached hydrogen (secondary N) is 1. The molecule has 0 aliphatic carbocycles. The van der Waals surface area contributed by atoms with Crippen molar-refractivity contribution in [3.8, 4) is 0 Å². The topological polar surface area (TPSA) is 29.1 Å². The van der Waals surface area contributed by atoms with E-state index in [1.54, 1.807) is 12.1 Å². The number of hydrogen-bond acceptors (Lipinski definition) is 2. The quantitative estimate of drug-likeness (QED) is 0.801. The van der Waals surface area contributed by atoms with Crippen LogP contribution < -0.4 is 5.32 Å². The summed E-state index contributed by atoms with van der Waals surface area (Å²) in [6.07, 6.45) is -4.07. The van der Waals surface area contributed by atoms with Gasteiger partial charge in [-0.2, -0.15) is 13.2 Å². The summed E-state index contributed by atoms with van der Waals surface area (Å²) in [5.74, 6) is -1.69. The van der Waals surface area contributed by atoms with E-state index in [-0.39, 0.29) is 6.42 Å². The number of rotatable bonds is 1. The number of anilines is 1. The summed E-state index contributed by atoms with van der Waals surface area (Å²) >= 11 is 0. The van der Waals surface area contributed by atoms with Crippen LogP contribution in [0.2, 0.25) is 0 Å². The second kappa shape index (κ2) is 3.81. The van der Waals surface area contributed by atoms with Crippen molar-refractivity contribution in [1.29, 1.82) is 0 Å². The lowest BCUT2D eigenvalue weighted by Gasteiger charge is -2.26. The fourth-order valence-electron chi connectivity index (χ4n) is 1.83. The van der Waals surface area contributed by atoms with Gasteiger partial charge in [0.1, 0.15) is 0 Å². The molecule has 2 rings (SSSR count). The molecule has 1 aliphatic rings. The number of fused-ring (bicyclic) bond motifs is 1. The van der Waals surface area contributed by atoms with Gasteiger partial charge in [-0.15, -0.1) is 0 Å². The summed E-state index contributed by atoms with van der Waals surface area (Å²) in [6.45, 7) is 0. The van der Waals surface area contributed by atoms with Crippen LogP contribution in [0.1, 0.15) is 12.0 Å². The zero-order valence-corrected chi connectivity index (χ0v) is 8.34. The predicted molar refractivity (Wildman–Crippen MR) is 53.2 cm³/mol. The molecule has 0 aromatic heterocycles. The number of para-hydroxylation sites is 1. The van der Waals surface area contributed by atoms with Crippen LogP contribution in [0.15, 0.2) is 24.3 Å². The number of carbonyl (C=O) groups is 1. The molecule has 1 aromatic carbocycles. The van der Waals surface area contributed by atoms with Gasteiger partial charge in [-0.05, 0) is 24.5 Å². The van der Waals surface area contributed by atoms with Gasteiger partial charge in [0, 0.05) is 5.69 Å². The van der Waals surface area contributed by atoms with Crippen molar-refractivity contribution < 1.29 is 18.0 Å². The van der Waals surface area contributed by atoms with Crippen LogP contribution in [-0.2, 0) is 11.2 Å². The summed E-state index contributed by atoms with van der Waals surface area (Å²) in [4.78, 5) is 11.0. The molecule has 86 valence electrons. The van der Waals surface area contributed by atoms with Crippen molar-refractivity contribution in [1.82, 2.24) is 0 Å². The number of aryl methyl sites for hydroxylation is 1. The highest BCUT2D eigenvalue weighted by molar-refractivity contribution is 5.92. The summed E-state index contributed by atoms with van der Waals surface area (Å²) in [5.41, 5.74) is 1.57. The lowest BCUT2D eigenvalue weighted by Crippen LogP contribution is -2.41. The molecule has 2 nitrogen and oxygen atoms in total. The maximum absolute atomic E-state index is 12.2. The highest BCUT2D eigenvalue weighted by Gasteiger charge is 2.44. The summed E-state index contributed by atoms with van der Waals surface area (Å²) in [6, 6.07) is 5.94. The first-order valence-corrected chi connectivity index (χ1v) is 4.94. The van der Waals surface area contributed by atoms with Gasteiger partial charge in [-0.3, -0.25) is 4.79 Å². The fraction of sp³-hybridized carbons (Fsp3) is 0.364. The highest BCUT2D eigenvalue weighted by Crippen LogP contribution is 2.28. The normalized spacial score (nSPS) is 19.8. The van der Waals surface area contributed by atoms with Gasteiger partial charge in [-0.25, -0.2) is 0 Å². The average molecular weight is 229 g/mol. The molecule has 0 amide bonds. The third-order valence-corrected chi connectivity index (χ3v) is 2.65. The van der Waals surface area contributed by atoms with Gasteiger partial charge in [0.25, 0.3) is 5.78 Å². The van der Waals surface area contributed by atoms with E-state index in [1.165, 1.54) is 0 Å². The zero-order chi connectivity index (χ0) is 11.8. The molecule has 0 saturated heterocycles. The number of Topliss-reactive ketones (excluding diaryl/α,β-unsaturated/α-hetero) is 1. The van der Waals surface area contributed by atoms with E-state index in [9.17, 15) is 18.0 Å². The molecule has 1 aliphatic heterocycles. The molecule has 1 atom stereocenters. The second-order valence-electron chi connectivity index (χ2n) is 3.75. The van der Waals surface area contributed by atoms with Crippen LogP contribution in [0.3, 0.4) is 0 Å². The SMILES string of the molecule is O=C(C1CCc2ccccc2N1)C(F)(F)F. The number of halogens is 3. The number of hydrogen-bond donors (Lipinski definition) is 1. The molecule has 0 spiro atoms. The molecule has 1 aromatic rings. The smallest absolute Gasteiger partial charge is 0.375 e. The lowest BCUT2D eigenvalue weighted by atomic mass is 9.95. The van der Waals surface area contributed by atoms with E-state index in [0.29, 0.717) is 12.1 Å². The number of ketones is 1. The molecule has 0 saturated carbocycles. The Balaban J connectivity index is 2.17. The maximum atomic E-state index is 12.2. The van der Waals surface area contributed by atoms with Crippen molar-refractivity contribution in [2.24, 2.45) is 0 Å². The Hall–Kier alpha value is -1.52. The standard InChI is InChI=1S/C11H10F3NO/c12-11(13,14)10(16)9-6-5-7-3-1-2-4-8(7)15-9/h1-4,9,15H,5-6H2. The van der Waals surface area contributed by atoms with Crippen LogP contribution in [0.4, 0.5) is 18.9 Å². The van der Waals surface area contributed by atoms with E-state index >= 15 is 0 Å². The molecular formula is C11H10F3NO. The molecule has 1 heterocycles. The highest BCUT2D eigenvalue weighted by atomic mass is 19.4. The van der Waals surface area contributed by atoms with Gasteiger partial charge in [0.05, 0.1) is 6.04 Å². The fourth-order valence-corrected chi connectivity index (χ4v) is 1.83. The minimum Gasteiger partial charge on any atom is -0.375 e. The van der Waals surface area contributed by atoms with E-state index < -0.39 is 18.0 Å². The predicted octanol–water partition coefficient (Wildman–Crippen LogP) is 2.54. The van der Waals surface area contributed by atoms with Crippen molar-refractivity contribution in [2.45, 2.75) is 25.1 Å². The summed E-state index contributed by atoms with van der Waals surface area (Å²) < 4.78 is 36.7. The van der Waals surface area contributed by atoms with E-state index in [0.717, 1.165) is 5.56 Å². The Kier molecular flexibility index (Phi) is 2.61. The van der Waals surface area contributed by atoms with Crippen LogP contribution in [-0.4, -0.2) is 18.0 Å². The third-order valence-electron chi connectivity index (χ3n) is 2.65. The molecule has 5 heteroatoms. The minimum atomic E-state index is -4.76. The monoisotopic (exact) mass is 229 g/mol. The lowest BCUT2D eigenvalue weighted by molar-refractivity contribution is -0.172. The molecule has 0 fully saturated rings. The Bertz CT molecular complexity index is 414. The van der Waals surface area contributed by atoms with Crippen molar-refractivity contribution in [3.05, 3.63) is 29.8 Å². The van der Waals surface area contributed by atoms with Crippen LogP contribution in [0.25, 0.3) is 0 Å². The average Bonchev–Trinajstić information content (AvgIpc) is 2.26. The minimum absolute atomic E-state index is 0.190. The van der Waals surface area contributed by atoms with Gasteiger partial charge in [0.2, 0.25) is 0 Å². The Morgan fingerprint density at radius 1 is 1.31 bits per heavy atom. The first-order valence-electron chi connectivity index (χ1n) is 4.94. The van der Waals surface area contributed by atoms with Crippen LogP contribution in [0.5, 0.6) is 0 Å². The second-order valence-corrected chi connectivity index (χ2v) is 3.75. The molecule has 16 heavy (non-hydrogen) atoms. The van der Waals surface area contributed by atoms with Gasteiger partial charge in [-0.1, -0.05) is 18.2 Å². The largest absolute Gasteiger partial charge is 0.452 e. The number of benzene rings is 1. The Labute approximate surface area is 90.5 Å². The maximum Gasteiger partial charge on any atom is 0.452 e. The van der Waals surface area contributed by atoms with Crippen molar-refractivity contribution >= 4 is 11.5 Å². The first kappa shape index (κ1) is 11.0. The number of carbonyl (C=O) groups excluding carboxylic acids is 1. The summed E-state index contributed by atoms with van der Waals surface area (Å²) in [7, 11) is 0. The summed E-state index contributed by atoms with van der Waals surface area (Å²) in [5, 5.41) is 2.63. The molecule has 0 radical (unpaired) electrons. The van der Waals surface area contributed by atoms with E-state index in [1.807, 2.05) is 12.1 Å². The zero-order valence-electron chi connectivity index (χ0n) is 8.34. The van der Waals surface area contributed by atoms with Gasteiger partial charge < -0.3 is 5.32 Å². The van der Waals surface area contributed by atoms with E-state index in [2.05, 4.69) is 5.32 Å². The molecule has 1 N–H and O–H groups in total. The molecule has 1 unspecified atom stereocenters. The third kappa shape index (κ3) is 2.03. The molecule has 0 bridgehead atoms. The van der Waals surface area contributed by atoms with E-state index in [4.69, 9.17) is 0 Å². The van der Waals surface area contributed by atoms with Crippen LogP contribution in [0, 0.1) is 0 Å². The Morgan fingerprint density at radius 3 is 2.69 bits per heavy atom. The van der Waals surface area contributed by atoms with Gasteiger partial charge >= 0.3 is 6.18 Å². The van der Waals surface area contributed by atoms with Crippen molar-refractivity contribution in [2.75, 3.05) is 5.32 Å². The van der Waals surface area contributed by atoms with Crippen molar-refractivity contribution in [3.63, 3.8) is 0 Å². The van der Waals surface area contributed by atoms with Gasteiger partial charge in [0.15, 0.2) is 0 Å².